The lowest BCUT2D eigenvalue weighted by molar-refractivity contribution is 0.0651. The number of halogens is 1. The summed E-state index contributed by atoms with van der Waals surface area (Å²) in [6, 6.07) is 2.26. The molecule has 7 heteroatoms. The van der Waals surface area contributed by atoms with Gasteiger partial charge in [-0.2, -0.15) is 0 Å². The number of methoxy groups -OCH3 is 1. The van der Waals surface area contributed by atoms with Crippen molar-refractivity contribution in [3.05, 3.63) is 17.5 Å². The Bertz CT molecular complexity index is 465. The fraction of sp³-hybridized carbons (Fsp3) is 0.692. The van der Waals surface area contributed by atoms with Crippen LogP contribution in [-0.4, -0.2) is 48.7 Å². The van der Waals surface area contributed by atoms with Crippen LogP contribution in [0.25, 0.3) is 0 Å². The molecular weight excluding hydrogens is 282 g/mol. The molecule has 0 saturated carbocycles. The van der Waals surface area contributed by atoms with Crippen molar-refractivity contribution in [2.45, 2.75) is 25.5 Å². The van der Waals surface area contributed by atoms with Gasteiger partial charge in [-0.1, -0.05) is 5.16 Å². The van der Waals surface area contributed by atoms with Gasteiger partial charge in [0.1, 0.15) is 6.61 Å². The van der Waals surface area contributed by atoms with Gasteiger partial charge in [0.2, 0.25) is 0 Å². The van der Waals surface area contributed by atoms with E-state index in [9.17, 15) is 4.79 Å². The highest BCUT2D eigenvalue weighted by Crippen LogP contribution is 2.25. The molecule has 6 nitrogen and oxygen atoms in total. The quantitative estimate of drug-likeness (QED) is 0.904. The lowest BCUT2D eigenvalue weighted by atomic mass is 9.93. The number of likely N-dealkylation sites (tertiary alicyclic amines) is 1. The van der Waals surface area contributed by atoms with Crippen molar-refractivity contribution in [3.8, 4) is 0 Å². The number of hydrogen-bond acceptors (Lipinski definition) is 5. The first-order valence-electron chi connectivity index (χ1n) is 6.75. The number of amides is 1. The van der Waals surface area contributed by atoms with Crippen LogP contribution in [0.15, 0.2) is 10.6 Å². The Morgan fingerprint density at radius 1 is 1.60 bits per heavy atom. The zero-order valence-electron chi connectivity index (χ0n) is 11.5. The third kappa shape index (κ3) is 2.97. The Balaban J connectivity index is 0.00000147. The predicted molar refractivity (Wildman–Crippen MR) is 74.9 cm³/mol. The van der Waals surface area contributed by atoms with Gasteiger partial charge in [0.25, 0.3) is 5.91 Å². The van der Waals surface area contributed by atoms with E-state index in [1.54, 1.807) is 13.2 Å². The lowest BCUT2D eigenvalue weighted by Crippen LogP contribution is -2.46. The Morgan fingerprint density at radius 2 is 2.45 bits per heavy atom. The maximum Gasteiger partial charge on any atom is 0.276 e. The Morgan fingerprint density at radius 3 is 3.25 bits per heavy atom. The minimum absolute atomic E-state index is 0. The van der Waals surface area contributed by atoms with Crippen LogP contribution in [0.4, 0.5) is 0 Å². The van der Waals surface area contributed by atoms with Crippen molar-refractivity contribution < 1.29 is 14.1 Å². The average Bonchev–Trinajstić information content (AvgIpc) is 3.05. The van der Waals surface area contributed by atoms with E-state index in [0.29, 0.717) is 30.0 Å². The van der Waals surface area contributed by atoms with Crippen molar-refractivity contribution >= 4 is 18.3 Å². The van der Waals surface area contributed by atoms with Crippen LogP contribution in [0.3, 0.4) is 0 Å². The number of piperidine rings is 1. The van der Waals surface area contributed by atoms with Crippen LogP contribution < -0.4 is 5.32 Å². The molecule has 2 atom stereocenters. The summed E-state index contributed by atoms with van der Waals surface area (Å²) in [4.78, 5) is 14.2. The number of aromatic nitrogens is 1. The first-order chi connectivity index (χ1) is 9.28. The molecule has 1 N–H and O–H groups in total. The number of fused-ring (bicyclic) bond motifs is 1. The smallest absolute Gasteiger partial charge is 0.276 e. The number of hydrogen-bond donors (Lipinski definition) is 1. The molecule has 3 rings (SSSR count). The molecule has 2 fully saturated rings. The van der Waals surface area contributed by atoms with E-state index in [-0.39, 0.29) is 18.3 Å². The van der Waals surface area contributed by atoms with Crippen LogP contribution in [-0.2, 0) is 11.3 Å². The summed E-state index contributed by atoms with van der Waals surface area (Å²) in [6.45, 7) is 3.02. The Hall–Kier alpha value is -1.11. The summed E-state index contributed by atoms with van der Waals surface area (Å²) in [7, 11) is 1.59. The second kappa shape index (κ2) is 6.56. The van der Waals surface area contributed by atoms with Crippen molar-refractivity contribution in [1.82, 2.24) is 15.4 Å². The van der Waals surface area contributed by atoms with Gasteiger partial charge in [0.05, 0.1) is 0 Å². The summed E-state index contributed by atoms with van der Waals surface area (Å²) in [5.41, 5.74) is 0.386. The lowest BCUT2D eigenvalue weighted by Gasteiger charge is -2.34. The number of carbonyl (C=O) groups excluding carboxylic acids is 1. The van der Waals surface area contributed by atoms with Crippen LogP contribution in [0.1, 0.15) is 29.1 Å². The Labute approximate surface area is 124 Å². The normalized spacial score (nSPS) is 25.1. The number of nitrogens with zero attached hydrogens (tertiary/aromatic N) is 2. The maximum atomic E-state index is 12.3. The molecule has 20 heavy (non-hydrogen) atoms. The molecule has 0 radical (unpaired) electrons. The summed E-state index contributed by atoms with van der Waals surface area (Å²) in [5, 5.41) is 7.32. The van der Waals surface area contributed by atoms with Crippen LogP contribution in [0.2, 0.25) is 0 Å². The van der Waals surface area contributed by atoms with Gasteiger partial charge < -0.3 is 19.5 Å². The monoisotopic (exact) mass is 301 g/mol. The molecule has 2 aliphatic heterocycles. The van der Waals surface area contributed by atoms with Crippen LogP contribution in [0.5, 0.6) is 0 Å². The molecule has 0 aromatic carbocycles. The van der Waals surface area contributed by atoms with Gasteiger partial charge >= 0.3 is 0 Å². The minimum atomic E-state index is -0.0311. The van der Waals surface area contributed by atoms with E-state index < -0.39 is 0 Å². The van der Waals surface area contributed by atoms with Crippen molar-refractivity contribution in [2.24, 2.45) is 5.92 Å². The van der Waals surface area contributed by atoms with E-state index in [4.69, 9.17) is 9.26 Å². The average molecular weight is 302 g/mol. The van der Waals surface area contributed by atoms with Gasteiger partial charge in [-0.3, -0.25) is 4.79 Å². The molecular formula is C13H20ClN3O3. The molecule has 0 aliphatic carbocycles. The third-order valence-corrected chi connectivity index (χ3v) is 4.01. The summed E-state index contributed by atoms with van der Waals surface area (Å²) in [5.74, 6) is 1.14. The zero-order valence-corrected chi connectivity index (χ0v) is 12.3. The molecule has 112 valence electrons. The molecule has 1 amide bonds. The molecule has 1 aromatic heterocycles. The summed E-state index contributed by atoms with van der Waals surface area (Å²) in [6.07, 6.45) is 2.18. The molecule has 3 heterocycles. The van der Waals surface area contributed by atoms with E-state index in [2.05, 4.69) is 10.5 Å². The Kier molecular flexibility index (Phi) is 5.01. The van der Waals surface area contributed by atoms with Crippen molar-refractivity contribution in [3.63, 3.8) is 0 Å². The second-order valence-corrected chi connectivity index (χ2v) is 5.26. The predicted octanol–water partition coefficient (Wildman–Crippen LogP) is 1.07. The second-order valence-electron chi connectivity index (χ2n) is 5.26. The van der Waals surface area contributed by atoms with E-state index in [1.165, 1.54) is 0 Å². The molecule has 1 aromatic rings. The van der Waals surface area contributed by atoms with Crippen molar-refractivity contribution in [2.75, 3.05) is 26.7 Å². The van der Waals surface area contributed by atoms with Gasteiger partial charge in [-0.15, -0.1) is 12.4 Å². The molecule has 0 bridgehead atoms. The minimum Gasteiger partial charge on any atom is -0.377 e. The van der Waals surface area contributed by atoms with Gasteiger partial charge in [-0.25, -0.2) is 0 Å². The molecule has 2 saturated heterocycles. The summed E-state index contributed by atoms with van der Waals surface area (Å²) >= 11 is 0. The van der Waals surface area contributed by atoms with Gasteiger partial charge in [0.15, 0.2) is 11.5 Å². The maximum absolute atomic E-state index is 12.3. The van der Waals surface area contributed by atoms with Gasteiger partial charge in [0, 0.05) is 32.3 Å². The van der Waals surface area contributed by atoms with E-state index >= 15 is 0 Å². The number of nitrogens with one attached hydrogen (secondary N) is 1. The first-order valence-corrected chi connectivity index (χ1v) is 6.75. The molecule has 0 spiro atoms. The number of rotatable bonds is 3. The zero-order chi connectivity index (χ0) is 13.2. The van der Waals surface area contributed by atoms with Gasteiger partial charge in [-0.05, 0) is 25.3 Å². The highest BCUT2D eigenvalue weighted by Gasteiger charge is 2.35. The fourth-order valence-electron chi connectivity index (χ4n) is 3.02. The first kappa shape index (κ1) is 15.3. The van der Waals surface area contributed by atoms with E-state index in [1.807, 2.05) is 4.90 Å². The highest BCUT2D eigenvalue weighted by molar-refractivity contribution is 5.92. The standard InChI is InChI=1S/C13H19N3O3.ClH/c1-18-8-10-6-12(15-19-10)13(17)16-5-3-11-9(7-16)2-4-14-11;/h6,9,11,14H,2-5,7-8H2,1H3;1H. The molecule has 2 aliphatic rings. The highest BCUT2D eigenvalue weighted by atomic mass is 35.5. The molecule has 2 unspecified atom stereocenters. The van der Waals surface area contributed by atoms with Crippen molar-refractivity contribution in [1.29, 1.82) is 0 Å². The SMILES string of the molecule is COCc1cc(C(=O)N2CCC3NCCC3C2)no1.Cl. The number of carbonyl (C=O) groups is 1. The summed E-state index contributed by atoms with van der Waals surface area (Å²) < 4.78 is 10.0. The fourth-order valence-corrected chi connectivity index (χ4v) is 3.02. The van der Waals surface area contributed by atoms with Crippen LogP contribution in [0, 0.1) is 5.92 Å². The topological polar surface area (TPSA) is 67.6 Å². The van der Waals surface area contributed by atoms with E-state index in [0.717, 1.165) is 32.5 Å². The number of ether oxygens (including phenoxy) is 1. The third-order valence-electron chi connectivity index (χ3n) is 4.01. The largest absolute Gasteiger partial charge is 0.377 e. The van der Waals surface area contributed by atoms with Crippen LogP contribution >= 0.6 is 12.4 Å².